The number of aryl methyl sites for hydroxylation is 1. The van der Waals surface area contributed by atoms with Gasteiger partial charge in [-0.2, -0.15) is 0 Å². The Bertz CT molecular complexity index is 337. The average Bonchev–Trinajstić information content (AvgIpc) is 2.36. The first-order chi connectivity index (χ1) is 8.22. The van der Waals surface area contributed by atoms with Crippen LogP contribution < -0.4 is 10.1 Å². The highest BCUT2D eigenvalue weighted by atomic mass is 19.1. The zero-order valence-electron chi connectivity index (χ0n) is 10.9. The Morgan fingerprint density at radius 2 is 2.18 bits per heavy atom. The summed E-state index contributed by atoms with van der Waals surface area (Å²) in [5.41, 5.74) is 0.746. The molecule has 0 aliphatic carbocycles. The monoisotopic (exact) mass is 239 g/mol. The highest BCUT2D eigenvalue weighted by Crippen LogP contribution is 2.21. The highest BCUT2D eigenvalue weighted by Gasteiger charge is 2.09. The second kappa shape index (κ2) is 7.28. The van der Waals surface area contributed by atoms with Gasteiger partial charge in [0.1, 0.15) is 0 Å². The molecule has 0 fully saturated rings. The van der Waals surface area contributed by atoms with Crippen LogP contribution in [0.5, 0.6) is 5.75 Å². The first-order valence-corrected chi connectivity index (χ1v) is 6.21. The fraction of sp³-hybridized carbons (Fsp3) is 0.571. The van der Waals surface area contributed by atoms with Crippen molar-refractivity contribution in [2.45, 2.75) is 38.6 Å². The molecule has 1 N–H and O–H groups in total. The van der Waals surface area contributed by atoms with Gasteiger partial charge in [0.05, 0.1) is 7.11 Å². The predicted molar refractivity (Wildman–Crippen MR) is 69.0 cm³/mol. The standard InChI is InChI=1S/C14H22FNO/c1-4-12(16-2)9-5-7-11-8-6-10-13(17-3)14(11)15/h6,8,10,12,16H,4-5,7,9H2,1-3H3. The molecule has 0 aliphatic heterocycles. The molecular formula is C14H22FNO. The minimum Gasteiger partial charge on any atom is -0.494 e. The van der Waals surface area contributed by atoms with E-state index in [1.54, 1.807) is 6.07 Å². The van der Waals surface area contributed by atoms with Gasteiger partial charge < -0.3 is 10.1 Å². The lowest BCUT2D eigenvalue weighted by Gasteiger charge is -2.13. The lowest BCUT2D eigenvalue weighted by atomic mass is 10.0. The van der Waals surface area contributed by atoms with E-state index in [0.29, 0.717) is 11.8 Å². The van der Waals surface area contributed by atoms with Crippen LogP contribution in [0.2, 0.25) is 0 Å². The summed E-state index contributed by atoms with van der Waals surface area (Å²) in [6, 6.07) is 5.86. The van der Waals surface area contributed by atoms with Crippen molar-refractivity contribution in [3.63, 3.8) is 0 Å². The van der Waals surface area contributed by atoms with Gasteiger partial charge in [-0.3, -0.25) is 0 Å². The summed E-state index contributed by atoms with van der Waals surface area (Å²) >= 11 is 0. The van der Waals surface area contributed by atoms with E-state index in [4.69, 9.17) is 4.74 Å². The lowest BCUT2D eigenvalue weighted by Crippen LogP contribution is -2.24. The van der Waals surface area contributed by atoms with Gasteiger partial charge in [0.2, 0.25) is 0 Å². The van der Waals surface area contributed by atoms with Gasteiger partial charge in [-0.25, -0.2) is 4.39 Å². The second-order valence-corrected chi connectivity index (χ2v) is 4.22. The average molecular weight is 239 g/mol. The zero-order chi connectivity index (χ0) is 12.7. The van der Waals surface area contributed by atoms with E-state index < -0.39 is 0 Å². The molecule has 0 bridgehead atoms. The number of nitrogens with one attached hydrogen (secondary N) is 1. The van der Waals surface area contributed by atoms with Crippen LogP contribution in [-0.2, 0) is 6.42 Å². The fourth-order valence-electron chi connectivity index (χ4n) is 2.00. The molecule has 0 saturated carbocycles. The Morgan fingerprint density at radius 3 is 2.76 bits per heavy atom. The van der Waals surface area contributed by atoms with Crippen LogP contribution in [0.1, 0.15) is 31.7 Å². The van der Waals surface area contributed by atoms with Crippen molar-refractivity contribution in [3.8, 4) is 5.75 Å². The topological polar surface area (TPSA) is 21.3 Å². The molecule has 0 spiro atoms. The first-order valence-electron chi connectivity index (χ1n) is 6.21. The molecule has 1 aromatic rings. The van der Waals surface area contributed by atoms with Crippen LogP contribution >= 0.6 is 0 Å². The largest absolute Gasteiger partial charge is 0.494 e. The normalized spacial score (nSPS) is 12.5. The van der Waals surface area contributed by atoms with Crippen molar-refractivity contribution < 1.29 is 9.13 Å². The SMILES string of the molecule is CCC(CCCc1cccc(OC)c1F)NC. The third-order valence-corrected chi connectivity index (χ3v) is 3.16. The predicted octanol–water partition coefficient (Wildman–Crippen LogP) is 3.16. The molecule has 3 heteroatoms. The van der Waals surface area contributed by atoms with Gasteiger partial charge in [0, 0.05) is 6.04 Å². The van der Waals surface area contributed by atoms with Crippen molar-refractivity contribution in [2.24, 2.45) is 0 Å². The van der Waals surface area contributed by atoms with Gasteiger partial charge in [-0.15, -0.1) is 0 Å². The molecule has 1 atom stereocenters. The summed E-state index contributed by atoms with van der Waals surface area (Å²) in [5, 5.41) is 3.26. The summed E-state index contributed by atoms with van der Waals surface area (Å²) < 4.78 is 18.8. The third kappa shape index (κ3) is 4.00. The minimum atomic E-state index is -0.215. The Labute approximate surface area is 103 Å². The van der Waals surface area contributed by atoms with Crippen LogP contribution in [-0.4, -0.2) is 20.2 Å². The molecule has 1 unspecified atom stereocenters. The second-order valence-electron chi connectivity index (χ2n) is 4.22. The Morgan fingerprint density at radius 1 is 1.41 bits per heavy atom. The van der Waals surface area contributed by atoms with E-state index in [1.165, 1.54) is 7.11 Å². The number of ether oxygens (including phenoxy) is 1. The summed E-state index contributed by atoms with van der Waals surface area (Å²) in [4.78, 5) is 0. The summed E-state index contributed by atoms with van der Waals surface area (Å²) in [7, 11) is 3.47. The Balaban J connectivity index is 2.52. The molecule has 1 aromatic carbocycles. The molecular weight excluding hydrogens is 217 g/mol. The Hall–Kier alpha value is -1.09. The number of benzene rings is 1. The van der Waals surface area contributed by atoms with Gasteiger partial charge in [-0.1, -0.05) is 19.1 Å². The molecule has 1 rings (SSSR count). The highest BCUT2D eigenvalue weighted by molar-refractivity contribution is 5.31. The molecule has 0 amide bonds. The molecule has 2 nitrogen and oxygen atoms in total. The number of halogens is 1. The van der Waals surface area contributed by atoms with E-state index in [9.17, 15) is 4.39 Å². The van der Waals surface area contributed by atoms with Gasteiger partial charge in [0.25, 0.3) is 0 Å². The molecule has 0 aliphatic rings. The van der Waals surface area contributed by atoms with Gasteiger partial charge in [-0.05, 0) is 44.4 Å². The number of methoxy groups -OCH3 is 1. The van der Waals surface area contributed by atoms with Crippen LogP contribution in [0.4, 0.5) is 4.39 Å². The maximum atomic E-state index is 13.8. The van der Waals surface area contributed by atoms with E-state index in [1.807, 2.05) is 19.2 Å². The quantitative estimate of drug-likeness (QED) is 0.789. The summed E-state index contributed by atoms with van der Waals surface area (Å²) in [6.07, 6.45) is 3.94. The molecule has 0 aromatic heterocycles. The molecule has 96 valence electrons. The van der Waals surface area contributed by atoms with Crippen LogP contribution in [0, 0.1) is 5.82 Å². The fourth-order valence-corrected chi connectivity index (χ4v) is 2.00. The summed E-state index contributed by atoms with van der Waals surface area (Å²) in [5.74, 6) is 0.121. The van der Waals surface area contributed by atoms with Crippen LogP contribution in [0.15, 0.2) is 18.2 Å². The smallest absolute Gasteiger partial charge is 0.168 e. The van der Waals surface area contributed by atoms with Gasteiger partial charge >= 0.3 is 0 Å². The Kier molecular flexibility index (Phi) is 5.98. The minimum absolute atomic E-state index is 0.215. The third-order valence-electron chi connectivity index (χ3n) is 3.16. The number of hydrogen-bond donors (Lipinski definition) is 1. The van der Waals surface area contributed by atoms with E-state index in [0.717, 1.165) is 31.2 Å². The van der Waals surface area contributed by atoms with E-state index in [-0.39, 0.29) is 5.82 Å². The number of rotatable bonds is 7. The van der Waals surface area contributed by atoms with Crippen molar-refractivity contribution in [1.82, 2.24) is 5.32 Å². The molecule has 0 saturated heterocycles. The lowest BCUT2D eigenvalue weighted by molar-refractivity contribution is 0.383. The van der Waals surface area contributed by atoms with Gasteiger partial charge in [0.15, 0.2) is 11.6 Å². The first kappa shape index (κ1) is 14.0. The van der Waals surface area contributed by atoms with Crippen LogP contribution in [0.3, 0.4) is 0 Å². The summed E-state index contributed by atoms with van der Waals surface area (Å²) in [6.45, 7) is 2.16. The van der Waals surface area contributed by atoms with Crippen LogP contribution in [0.25, 0.3) is 0 Å². The van der Waals surface area contributed by atoms with Crippen molar-refractivity contribution in [3.05, 3.63) is 29.6 Å². The zero-order valence-corrected chi connectivity index (χ0v) is 10.9. The van der Waals surface area contributed by atoms with Crippen molar-refractivity contribution >= 4 is 0 Å². The number of hydrogen-bond acceptors (Lipinski definition) is 2. The van der Waals surface area contributed by atoms with Crippen molar-refractivity contribution in [1.29, 1.82) is 0 Å². The van der Waals surface area contributed by atoms with E-state index >= 15 is 0 Å². The molecule has 17 heavy (non-hydrogen) atoms. The maximum absolute atomic E-state index is 13.8. The van der Waals surface area contributed by atoms with Crippen molar-refractivity contribution in [2.75, 3.05) is 14.2 Å². The van der Waals surface area contributed by atoms with E-state index in [2.05, 4.69) is 12.2 Å². The maximum Gasteiger partial charge on any atom is 0.168 e. The molecule has 0 heterocycles. The molecule has 0 radical (unpaired) electrons.